The minimum atomic E-state index is -0.398. The normalized spacial score (nSPS) is 10.3. The van der Waals surface area contributed by atoms with Crippen molar-refractivity contribution < 1.29 is 9.53 Å². The molecule has 3 rings (SSSR count). The first kappa shape index (κ1) is 18.4. The highest BCUT2D eigenvalue weighted by atomic mass is 16.5. The van der Waals surface area contributed by atoms with E-state index in [0.717, 1.165) is 18.7 Å². The first-order valence-electron chi connectivity index (χ1n) is 8.73. The average Bonchev–Trinajstić information content (AvgIpc) is 2.68. The zero-order chi connectivity index (χ0) is 19.1. The Kier molecular flexibility index (Phi) is 5.99. The van der Waals surface area contributed by atoms with E-state index in [2.05, 4.69) is 32.7 Å². The standard InChI is InChI=1S/C21H22N4O2/c1-15-14-19(24-18-11-7-6-10-17(18)20(26)27-2)25-21(23-15)22-13-12-16-8-4-3-5-9-16/h3-11,14H,12-13H2,1-2H3,(H2,22,23,24,25). The first-order valence-corrected chi connectivity index (χ1v) is 8.73. The molecule has 1 aromatic heterocycles. The number of carbonyl (C=O) groups is 1. The predicted octanol–water partition coefficient (Wildman–Crippen LogP) is 3.97. The molecule has 0 aliphatic carbocycles. The molecule has 0 saturated heterocycles. The first-order chi connectivity index (χ1) is 13.2. The van der Waals surface area contributed by atoms with Crippen molar-refractivity contribution in [2.24, 2.45) is 0 Å². The summed E-state index contributed by atoms with van der Waals surface area (Å²) in [6.45, 7) is 2.63. The van der Waals surface area contributed by atoms with Gasteiger partial charge in [-0.3, -0.25) is 0 Å². The largest absolute Gasteiger partial charge is 0.465 e. The van der Waals surface area contributed by atoms with Crippen LogP contribution in [0.3, 0.4) is 0 Å². The van der Waals surface area contributed by atoms with Crippen LogP contribution in [0.1, 0.15) is 21.6 Å². The van der Waals surface area contributed by atoms with Crippen molar-refractivity contribution in [3.63, 3.8) is 0 Å². The molecule has 0 atom stereocenters. The van der Waals surface area contributed by atoms with Gasteiger partial charge in [-0.1, -0.05) is 42.5 Å². The Labute approximate surface area is 158 Å². The van der Waals surface area contributed by atoms with Crippen molar-refractivity contribution in [1.29, 1.82) is 0 Å². The summed E-state index contributed by atoms with van der Waals surface area (Å²) in [5.74, 6) is 0.759. The lowest BCUT2D eigenvalue weighted by atomic mass is 10.1. The zero-order valence-electron chi connectivity index (χ0n) is 15.4. The predicted molar refractivity (Wildman–Crippen MR) is 106 cm³/mol. The van der Waals surface area contributed by atoms with E-state index in [-0.39, 0.29) is 0 Å². The number of nitrogens with one attached hydrogen (secondary N) is 2. The Morgan fingerprint density at radius 2 is 1.78 bits per heavy atom. The van der Waals surface area contributed by atoms with E-state index in [1.807, 2.05) is 43.3 Å². The van der Waals surface area contributed by atoms with Gasteiger partial charge in [0, 0.05) is 18.3 Å². The van der Waals surface area contributed by atoms with Crippen LogP contribution in [-0.4, -0.2) is 29.6 Å². The van der Waals surface area contributed by atoms with E-state index in [9.17, 15) is 4.79 Å². The van der Waals surface area contributed by atoms with Crippen LogP contribution in [0.4, 0.5) is 17.5 Å². The molecule has 0 aliphatic rings. The topological polar surface area (TPSA) is 76.1 Å². The van der Waals surface area contributed by atoms with E-state index in [4.69, 9.17) is 4.74 Å². The summed E-state index contributed by atoms with van der Waals surface area (Å²) in [6, 6.07) is 19.2. The minimum Gasteiger partial charge on any atom is -0.465 e. The van der Waals surface area contributed by atoms with E-state index in [0.29, 0.717) is 23.0 Å². The number of hydrogen-bond donors (Lipinski definition) is 2. The molecule has 0 radical (unpaired) electrons. The number of esters is 1. The molecule has 2 N–H and O–H groups in total. The summed E-state index contributed by atoms with van der Waals surface area (Å²) in [7, 11) is 1.36. The Balaban J connectivity index is 1.71. The third-order valence-corrected chi connectivity index (χ3v) is 3.99. The number of nitrogens with zero attached hydrogens (tertiary/aromatic N) is 2. The lowest BCUT2D eigenvalue weighted by molar-refractivity contribution is 0.0602. The molecule has 0 fully saturated rings. The molecular formula is C21H22N4O2. The summed E-state index contributed by atoms with van der Waals surface area (Å²) in [6.07, 6.45) is 0.881. The van der Waals surface area contributed by atoms with Gasteiger partial charge in [-0.05, 0) is 31.0 Å². The van der Waals surface area contributed by atoms with Crippen molar-refractivity contribution in [1.82, 2.24) is 9.97 Å². The lowest BCUT2D eigenvalue weighted by Crippen LogP contribution is -2.10. The van der Waals surface area contributed by atoms with Crippen LogP contribution < -0.4 is 10.6 Å². The van der Waals surface area contributed by atoms with Crippen molar-refractivity contribution in [2.75, 3.05) is 24.3 Å². The second kappa shape index (κ2) is 8.80. The van der Waals surface area contributed by atoms with Gasteiger partial charge in [-0.25, -0.2) is 9.78 Å². The van der Waals surface area contributed by atoms with Crippen LogP contribution in [0, 0.1) is 6.92 Å². The molecule has 0 unspecified atom stereocenters. The zero-order valence-corrected chi connectivity index (χ0v) is 15.4. The molecule has 0 amide bonds. The van der Waals surface area contributed by atoms with Gasteiger partial charge in [0.2, 0.25) is 5.95 Å². The van der Waals surface area contributed by atoms with Gasteiger partial charge < -0.3 is 15.4 Å². The molecular weight excluding hydrogens is 340 g/mol. The quantitative estimate of drug-likeness (QED) is 0.620. The third-order valence-electron chi connectivity index (χ3n) is 3.99. The molecule has 0 bridgehead atoms. The van der Waals surface area contributed by atoms with E-state index in [1.54, 1.807) is 12.1 Å². The average molecular weight is 362 g/mol. The maximum absolute atomic E-state index is 11.9. The SMILES string of the molecule is COC(=O)c1ccccc1Nc1cc(C)nc(NCCc2ccccc2)n1. The number of para-hydroxylation sites is 1. The highest BCUT2D eigenvalue weighted by Gasteiger charge is 2.12. The Morgan fingerprint density at radius 1 is 1.04 bits per heavy atom. The summed E-state index contributed by atoms with van der Waals surface area (Å²) < 4.78 is 4.83. The monoisotopic (exact) mass is 362 g/mol. The van der Waals surface area contributed by atoms with Crippen LogP contribution in [-0.2, 0) is 11.2 Å². The molecule has 6 nitrogen and oxygen atoms in total. The molecule has 0 spiro atoms. The second-order valence-electron chi connectivity index (χ2n) is 6.04. The fourth-order valence-corrected chi connectivity index (χ4v) is 2.69. The van der Waals surface area contributed by atoms with Crippen LogP contribution in [0.15, 0.2) is 60.7 Å². The minimum absolute atomic E-state index is 0.398. The molecule has 138 valence electrons. The lowest BCUT2D eigenvalue weighted by Gasteiger charge is -2.12. The number of hydrogen-bond acceptors (Lipinski definition) is 6. The highest BCUT2D eigenvalue weighted by molar-refractivity contribution is 5.96. The fourth-order valence-electron chi connectivity index (χ4n) is 2.69. The smallest absolute Gasteiger partial charge is 0.339 e. The number of ether oxygens (including phenoxy) is 1. The van der Waals surface area contributed by atoms with Gasteiger partial charge in [0.1, 0.15) is 5.82 Å². The van der Waals surface area contributed by atoms with E-state index in [1.165, 1.54) is 12.7 Å². The van der Waals surface area contributed by atoms with Gasteiger partial charge in [0.05, 0.1) is 18.4 Å². The van der Waals surface area contributed by atoms with Gasteiger partial charge in [0.15, 0.2) is 0 Å². The maximum Gasteiger partial charge on any atom is 0.339 e. The molecule has 27 heavy (non-hydrogen) atoms. The number of methoxy groups -OCH3 is 1. The number of benzene rings is 2. The number of aromatic nitrogens is 2. The molecule has 1 heterocycles. The van der Waals surface area contributed by atoms with Crippen molar-refractivity contribution in [3.05, 3.63) is 77.5 Å². The van der Waals surface area contributed by atoms with Crippen molar-refractivity contribution in [3.8, 4) is 0 Å². The molecule has 2 aromatic carbocycles. The van der Waals surface area contributed by atoms with Gasteiger partial charge in [-0.2, -0.15) is 4.98 Å². The molecule has 0 aliphatic heterocycles. The summed E-state index contributed by atoms with van der Waals surface area (Å²) in [4.78, 5) is 20.9. The van der Waals surface area contributed by atoms with Gasteiger partial charge in [0.25, 0.3) is 0 Å². The second-order valence-corrected chi connectivity index (χ2v) is 6.04. The Hall–Kier alpha value is -3.41. The number of rotatable bonds is 7. The van der Waals surface area contributed by atoms with Gasteiger partial charge in [-0.15, -0.1) is 0 Å². The van der Waals surface area contributed by atoms with Crippen molar-refractivity contribution in [2.45, 2.75) is 13.3 Å². The summed E-state index contributed by atoms with van der Waals surface area (Å²) >= 11 is 0. The van der Waals surface area contributed by atoms with Crippen LogP contribution in [0.25, 0.3) is 0 Å². The Bertz CT molecular complexity index is 913. The van der Waals surface area contributed by atoms with E-state index >= 15 is 0 Å². The summed E-state index contributed by atoms with van der Waals surface area (Å²) in [5, 5.41) is 6.44. The Morgan fingerprint density at radius 3 is 2.56 bits per heavy atom. The fraction of sp³-hybridized carbons (Fsp3) is 0.190. The molecule has 6 heteroatoms. The van der Waals surface area contributed by atoms with Gasteiger partial charge >= 0.3 is 5.97 Å². The van der Waals surface area contributed by atoms with Crippen LogP contribution in [0.2, 0.25) is 0 Å². The number of aryl methyl sites for hydroxylation is 1. The van der Waals surface area contributed by atoms with E-state index < -0.39 is 5.97 Å². The molecule has 0 saturated carbocycles. The van der Waals surface area contributed by atoms with Crippen molar-refractivity contribution >= 4 is 23.4 Å². The maximum atomic E-state index is 11.9. The molecule has 3 aromatic rings. The van der Waals surface area contributed by atoms with Crippen LogP contribution in [0.5, 0.6) is 0 Å². The third kappa shape index (κ3) is 5.04. The highest BCUT2D eigenvalue weighted by Crippen LogP contribution is 2.21. The summed E-state index contributed by atoms with van der Waals surface area (Å²) in [5.41, 5.74) is 3.17. The number of carbonyl (C=O) groups excluding carboxylic acids is 1. The van der Waals surface area contributed by atoms with Crippen LogP contribution >= 0.6 is 0 Å². The number of anilines is 3.